The van der Waals surface area contributed by atoms with E-state index in [0.717, 1.165) is 15.6 Å². The molecule has 3 aromatic rings. The molecule has 0 atom stereocenters. The Morgan fingerprint density at radius 3 is 2.57 bits per heavy atom. The fourth-order valence-electron chi connectivity index (χ4n) is 2.35. The minimum atomic E-state index is -0.425. The lowest BCUT2D eigenvalue weighted by Gasteiger charge is -2.09. The van der Waals surface area contributed by atoms with E-state index < -0.39 is 5.91 Å². The van der Waals surface area contributed by atoms with Gasteiger partial charge in [-0.2, -0.15) is 5.10 Å². The molecule has 142 valence electrons. The normalized spacial score (nSPS) is 10.8. The molecule has 0 saturated heterocycles. The average molecular weight is 478 g/mol. The number of rotatable bonds is 6. The SMILES string of the molecule is O=C(N/N=C/c1ccccc1OCc1ccc(Br)cc1)c1ccc(Cl)cc1Cl. The van der Waals surface area contributed by atoms with Crippen LogP contribution >= 0.6 is 39.1 Å². The number of para-hydroxylation sites is 1. The Morgan fingerprint density at radius 1 is 1.07 bits per heavy atom. The van der Waals surface area contributed by atoms with E-state index in [1.807, 2.05) is 48.5 Å². The van der Waals surface area contributed by atoms with Gasteiger partial charge in [-0.15, -0.1) is 0 Å². The Labute approximate surface area is 181 Å². The number of carbonyl (C=O) groups excluding carboxylic acids is 1. The van der Waals surface area contributed by atoms with Crippen LogP contribution in [0.15, 0.2) is 76.3 Å². The number of nitrogens with zero attached hydrogens (tertiary/aromatic N) is 1. The second-order valence-corrected chi connectivity index (χ2v) is 7.54. The average Bonchev–Trinajstić information content (AvgIpc) is 2.68. The first-order valence-electron chi connectivity index (χ1n) is 8.27. The smallest absolute Gasteiger partial charge is 0.272 e. The number of carbonyl (C=O) groups is 1. The Morgan fingerprint density at radius 2 is 1.82 bits per heavy atom. The van der Waals surface area contributed by atoms with E-state index in [0.29, 0.717) is 22.9 Å². The summed E-state index contributed by atoms with van der Waals surface area (Å²) in [6.07, 6.45) is 1.53. The number of amides is 1. The molecule has 4 nitrogen and oxygen atoms in total. The predicted octanol–water partition coefficient (Wildman–Crippen LogP) is 6.10. The van der Waals surface area contributed by atoms with Crippen LogP contribution in [0.25, 0.3) is 0 Å². The predicted molar refractivity (Wildman–Crippen MR) is 116 cm³/mol. The van der Waals surface area contributed by atoms with Crippen molar-refractivity contribution in [1.29, 1.82) is 0 Å². The Kier molecular flexibility index (Phi) is 7.09. The molecular weight excluding hydrogens is 463 g/mol. The van der Waals surface area contributed by atoms with E-state index >= 15 is 0 Å². The van der Waals surface area contributed by atoms with Gasteiger partial charge < -0.3 is 4.74 Å². The largest absolute Gasteiger partial charge is 0.488 e. The molecule has 0 aliphatic carbocycles. The van der Waals surface area contributed by atoms with Crippen LogP contribution in [0.5, 0.6) is 5.75 Å². The van der Waals surface area contributed by atoms with Crippen molar-refractivity contribution in [1.82, 2.24) is 5.43 Å². The third-order valence-electron chi connectivity index (χ3n) is 3.77. The van der Waals surface area contributed by atoms with Gasteiger partial charge in [0.1, 0.15) is 12.4 Å². The van der Waals surface area contributed by atoms with Crippen molar-refractivity contribution in [3.63, 3.8) is 0 Å². The van der Waals surface area contributed by atoms with Gasteiger partial charge in [0.15, 0.2) is 0 Å². The first-order valence-corrected chi connectivity index (χ1v) is 9.82. The fourth-order valence-corrected chi connectivity index (χ4v) is 3.11. The van der Waals surface area contributed by atoms with Gasteiger partial charge in [0.25, 0.3) is 5.91 Å². The van der Waals surface area contributed by atoms with Crippen LogP contribution in [-0.2, 0) is 6.61 Å². The standard InChI is InChI=1S/C21H15BrCl2N2O2/c22-16-7-5-14(6-8-16)13-28-20-4-2-1-3-15(20)12-25-26-21(27)18-10-9-17(23)11-19(18)24/h1-12H,13H2,(H,26,27)/b25-12+. The van der Waals surface area contributed by atoms with Crippen LogP contribution in [0, 0.1) is 0 Å². The van der Waals surface area contributed by atoms with Gasteiger partial charge in [-0.3, -0.25) is 4.79 Å². The summed E-state index contributed by atoms with van der Waals surface area (Å²) < 4.78 is 6.90. The Bertz CT molecular complexity index is 1010. The van der Waals surface area contributed by atoms with Crippen molar-refractivity contribution in [2.45, 2.75) is 6.61 Å². The fraction of sp³-hybridized carbons (Fsp3) is 0.0476. The summed E-state index contributed by atoms with van der Waals surface area (Å²) in [5.41, 5.74) is 4.53. The number of benzene rings is 3. The van der Waals surface area contributed by atoms with E-state index in [4.69, 9.17) is 27.9 Å². The van der Waals surface area contributed by atoms with Crippen molar-refractivity contribution in [3.8, 4) is 5.75 Å². The van der Waals surface area contributed by atoms with Crippen LogP contribution in [0.2, 0.25) is 10.0 Å². The molecule has 0 aromatic heterocycles. The number of nitrogens with one attached hydrogen (secondary N) is 1. The zero-order chi connectivity index (χ0) is 19.9. The number of hydrogen-bond donors (Lipinski definition) is 1. The lowest BCUT2D eigenvalue weighted by molar-refractivity contribution is 0.0955. The molecule has 7 heteroatoms. The maximum absolute atomic E-state index is 12.2. The highest BCUT2D eigenvalue weighted by atomic mass is 79.9. The summed E-state index contributed by atoms with van der Waals surface area (Å²) in [7, 11) is 0. The topological polar surface area (TPSA) is 50.7 Å². The zero-order valence-electron chi connectivity index (χ0n) is 14.5. The lowest BCUT2D eigenvalue weighted by Crippen LogP contribution is -2.18. The number of hydrazone groups is 1. The first-order chi connectivity index (χ1) is 13.5. The summed E-state index contributed by atoms with van der Waals surface area (Å²) in [5, 5.41) is 4.73. The monoisotopic (exact) mass is 476 g/mol. The van der Waals surface area contributed by atoms with E-state index in [2.05, 4.69) is 26.5 Å². The molecule has 0 spiro atoms. The maximum atomic E-state index is 12.2. The van der Waals surface area contributed by atoms with Crippen molar-refractivity contribution >= 4 is 51.3 Å². The van der Waals surface area contributed by atoms with E-state index in [9.17, 15) is 4.79 Å². The zero-order valence-corrected chi connectivity index (χ0v) is 17.6. The highest BCUT2D eigenvalue weighted by Crippen LogP contribution is 2.21. The number of ether oxygens (including phenoxy) is 1. The molecule has 0 heterocycles. The van der Waals surface area contributed by atoms with Gasteiger partial charge in [0.2, 0.25) is 0 Å². The van der Waals surface area contributed by atoms with Crippen molar-refractivity contribution < 1.29 is 9.53 Å². The second-order valence-electron chi connectivity index (χ2n) is 5.78. The minimum Gasteiger partial charge on any atom is -0.488 e. The first kappa shape index (κ1) is 20.4. The van der Waals surface area contributed by atoms with Crippen LogP contribution in [-0.4, -0.2) is 12.1 Å². The quantitative estimate of drug-likeness (QED) is 0.344. The highest BCUT2D eigenvalue weighted by molar-refractivity contribution is 9.10. The molecule has 0 unspecified atom stereocenters. The van der Waals surface area contributed by atoms with Gasteiger partial charge in [-0.1, -0.05) is 63.4 Å². The second kappa shape index (κ2) is 9.73. The van der Waals surface area contributed by atoms with Gasteiger partial charge in [0.05, 0.1) is 16.8 Å². The molecule has 3 rings (SSSR count). The Hall–Kier alpha value is -2.34. The van der Waals surface area contributed by atoms with Gasteiger partial charge >= 0.3 is 0 Å². The minimum absolute atomic E-state index is 0.262. The third kappa shape index (κ3) is 5.58. The van der Waals surface area contributed by atoms with Crippen molar-refractivity contribution in [2.75, 3.05) is 0 Å². The van der Waals surface area contributed by atoms with E-state index in [1.54, 1.807) is 12.1 Å². The summed E-state index contributed by atoms with van der Waals surface area (Å²) in [4.78, 5) is 12.2. The van der Waals surface area contributed by atoms with E-state index in [1.165, 1.54) is 12.3 Å². The molecule has 0 aliphatic heterocycles. The summed E-state index contributed by atoms with van der Waals surface area (Å²) in [5.74, 6) is 0.235. The van der Waals surface area contributed by atoms with E-state index in [-0.39, 0.29) is 5.02 Å². The molecule has 0 fully saturated rings. The molecular formula is C21H15BrCl2N2O2. The van der Waals surface area contributed by atoms with Crippen molar-refractivity contribution in [2.24, 2.45) is 5.10 Å². The molecule has 0 radical (unpaired) electrons. The molecule has 3 aromatic carbocycles. The molecule has 28 heavy (non-hydrogen) atoms. The maximum Gasteiger partial charge on any atom is 0.272 e. The molecule has 1 N–H and O–H groups in total. The van der Waals surface area contributed by atoms with Crippen LogP contribution in [0.3, 0.4) is 0 Å². The third-order valence-corrected chi connectivity index (χ3v) is 4.85. The molecule has 0 saturated carbocycles. The number of hydrogen-bond acceptors (Lipinski definition) is 3. The van der Waals surface area contributed by atoms with Crippen LogP contribution < -0.4 is 10.2 Å². The van der Waals surface area contributed by atoms with Crippen LogP contribution in [0.1, 0.15) is 21.5 Å². The molecule has 0 aliphatic rings. The summed E-state index contributed by atoms with van der Waals surface area (Å²) in [6, 6.07) is 20.0. The molecule has 1 amide bonds. The van der Waals surface area contributed by atoms with Gasteiger partial charge in [-0.05, 0) is 48.0 Å². The summed E-state index contributed by atoms with van der Waals surface area (Å²) in [6.45, 7) is 0.422. The van der Waals surface area contributed by atoms with Gasteiger partial charge in [-0.25, -0.2) is 5.43 Å². The number of halogens is 3. The summed E-state index contributed by atoms with van der Waals surface area (Å²) >= 11 is 15.3. The van der Waals surface area contributed by atoms with Gasteiger partial charge in [0, 0.05) is 15.1 Å². The highest BCUT2D eigenvalue weighted by Gasteiger charge is 2.10. The Balaban J connectivity index is 1.65. The van der Waals surface area contributed by atoms with Crippen molar-refractivity contribution in [3.05, 3.63) is 97.9 Å². The van der Waals surface area contributed by atoms with Crippen LogP contribution in [0.4, 0.5) is 0 Å². The lowest BCUT2D eigenvalue weighted by atomic mass is 10.2. The molecule has 0 bridgehead atoms.